The number of β-amino-alcohol motifs (C(OH)–C–C–N with tert-alkyl or cyclic N) is 1. The minimum atomic E-state index is 0.279. The van der Waals surface area contributed by atoms with E-state index in [1.54, 1.807) is 0 Å². The van der Waals surface area contributed by atoms with E-state index in [-0.39, 0.29) is 6.61 Å². The van der Waals surface area contributed by atoms with Gasteiger partial charge in [-0.25, -0.2) is 0 Å². The maximum Gasteiger partial charge on any atom is 0.0558 e. The Kier molecular flexibility index (Phi) is 4.29. The van der Waals surface area contributed by atoms with Crippen molar-refractivity contribution in [1.29, 1.82) is 0 Å². The number of aliphatic hydroxyl groups excluding tert-OH is 1. The van der Waals surface area contributed by atoms with Gasteiger partial charge in [-0.3, -0.25) is 9.80 Å². The van der Waals surface area contributed by atoms with Gasteiger partial charge in [0.05, 0.1) is 6.61 Å². The predicted octanol–water partition coefficient (Wildman–Crippen LogP) is -0.218. The monoisotopic (exact) mass is 170 g/mol. The van der Waals surface area contributed by atoms with Crippen molar-refractivity contribution >= 4 is 0 Å². The van der Waals surface area contributed by atoms with E-state index >= 15 is 0 Å². The van der Waals surface area contributed by atoms with Gasteiger partial charge in [-0.05, 0) is 0 Å². The molecule has 1 saturated heterocycles. The Hall–Kier alpha value is -0.380. The summed E-state index contributed by atoms with van der Waals surface area (Å²) in [6, 6.07) is 0. The van der Waals surface area contributed by atoms with Crippen molar-refractivity contribution in [2.24, 2.45) is 0 Å². The van der Waals surface area contributed by atoms with E-state index in [2.05, 4.69) is 16.4 Å². The van der Waals surface area contributed by atoms with Gasteiger partial charge in [-0.2, -0.15) is 0 Å². The zero-order chi connectivity index (χ0) is 8.81. The third-order valence-corrected chi connectivity index (χ3v) is 2.27. The largest absolute Gasteiger partial charge is 0.395 e. The Morgan fingerprint density at radius 3 is 2.25 bits per heavy atom. The van der Waals surface area contributed by atoms with Gasteiger partial charge in [-0.1, -0.05) is 6.08 Å². The summed E-state index contributed by atoms with van der Waals surface area (Å²) in [6.45, 7) is 10.2. The van der Waals surface area contributed by atoms with Gasteiger partial charge in [-0.15, -0.1) is 6.58 Å². The molecule has 0 aromatic carbocycles. The fourth-order valence-electron chi connectivity index (χ4n) is 1.52. The van der Waals surface area contributed by atoms with Crippen LogP contribution in [-0.2, 0) is 0 Å². The number of nitrogens with zero attached hydrogens (tertiary/aromatic N) is 2. The molecule has 0 radical (unpaired) electrons. The van der Waals surface area contributed by atoms with Crippen LogP contribution in [0.5, 0.6) is 0 Å². The van der Waals surface area contributed by atoms with Crippen molar-refractivity contribution in [3.8, 4) is 0 Å². The molecule has 0 bridgehead atoms. The number of hydrogen-bond acceptors (Lipinski definition) is 3. The van der Waals surface area contributed by atoms with Crippen LogP contribution in [0.3, 0.4) is 0 Å². The SMILES string of the molecule is C=CCN1CCN(CCO)CC1. The van der Waals surface area contributed by atoms with Gasteiger partial charge in [0.15, 0.2) is 0 Å². The van der Waals surface area contributed by atoms with Crippen LogP contribution in [0.2, 0.25) is 0 Å². The molecule has 3 nitrogen and oxygen atoms in total. The highest BCUT2D eigenvalue weighted by molar-refractivity contribution is 4.78. The van der Waals surface area contributed by atoms with Crippen LogP contribution in [0, 0.1) is 0 Å². The molecule has 70 valence electrons. The second-order valence-electron chi connectivity index (χ2n) is 3.15. The van der Waals surface area contributed by atoms with E-state index in [1.807, 2.05) is 6.08 Å². The highest BCUT2D eigenvalue weighted by Gasteiger charge is 2.14. The summed E-state index contributed by atoms with van der Waals surface area (Å²) >= 11 is 0. The third-order valence-electron chi connectivity index (χ3n) is 2.27. The Balaban J connectivity index is 2.15. The zero-order valence-corrected chi connectivity index (χ0v) is 7.58. The molecule has 1 fully saturated rings. The molecule has 12 heavy (non-hydrogen) atoms. The quantitative estimate of drug-likeness (QED) is 0.591. The molecule has 1 aliphatic rings. The maximum atomic E-state index is 8.72. The van der Waals surface area contributed by atoms with Gasteiger partial charge >= 0.3 is 0 Å². The number of rotatable bonds is 4. The van der Waals surface area contributed by atoms with Gasteiger partial charge in [0.1, 0.15) is 0 Å². The molecule has 0 amide bonds. The van der Waals surface area contributed by atoms with Gasteiger partial charge in [0.25, 0.3) is 0 Å². The van der Waals surface area contributed by atoms with Crippen molar-refractivity contribution in [3.05, 3.63) is 12.7 Å². The molecule has 0 atom stereocenters. The summed E-state index contributed by atoms with van der Waals surface area (Å²) in [7, 11) is 0. The van der Waals surface area contributed by atoms with Gasteiger partial charge in [0.2, 0.25) is 0 Å². The average Bonchev–Trinajstić information content (AvgIpc) is 2.09. The summed E-state index contributed by atoms with van der Waals surface area (Å²) in [5.41, 5.74) is 0. The zero-order valence-electron chi connectivity index (χ0n) is 7.58. The molecule has 0 aliphatic carbocycles. The first kappa shape index (κ1) is 9.71. The van der Waals surface area contributed by atoms with Crippen LogP contribution < -0.4 is 0 Å². The van der Waals surface area contributed by atoms with Gasteiger partial charge in [0, 0.05) is 39.3 Å². The summed E-state index contributed by atoms with van der Waals surface area (Å²) in [6.07, 6.45) is 1.95. The van der Waals surface area contributed by atoms with E-state index in [0.717, 1.165) is 39.3 Å². The first-order valence-corrected chi connectivity index (χ1v) is 4.53. The van der Waals surface area contributed by atoms with Crippen LogP contribution in [0.15, 0.2) is 12.7 Å². The summed E-state index contributed by atoms with van der Waals surface area (Å²) in [5, 5.41) is 8.72. The lowest BCUT2D eigenvalue weighted by molar-refractivity contribution is 0.120. The lowest BCUT2D eigenvalue weighted by atomic mass is 10.3. The van der Waals surface area contributed by atoms with Crippen LogP contribution in [0.25, 0.3) is 0 Å². The smallest absolute Gasteiger partial charge is 0.0558 e. The minimum Gasteiger partial charge on any atom is -0.395 e. The highest BCUT2D eigenvalue weighted by Crippen LogP contribution is 2.00. The Morgan fingerprint density at radius 2 is 1.75 bits per heavy atom. The number of aliphatic hydroxyl groups is 1. The van der Waals surface area contributed by atoms with Crippen molar-refractivity contribution in [3.63, 3.8) is 0 Å². The van der Waals surface area contributed by atoms with Crippen LogP contribution in [0.4, 0.5) is 0 Å². The molecule has 1 rings (SSSR count). The molecular weight excluding hydrogens is 152 g/mol. The van der Waals surface area contributed by atoms with Crippen molar-refractivity contribution in [2.75, 3.05) is 45.9 Å². The Labute approximate surface area is 74.3 Å². The summed E-state index contributed by atoms with van der Waals surface area (Å²) in [5.74, 6) is 0. The van der Waals surface area contributed by atoms with E-state index < -0.39 is 0 Å². The minimum absolute atomic E-state index is 0.279. The normalized spacial score (nSPS) is 21.1. The van der Waals surface area contributed by atoms with Crippen LogP contribution >= 0.6 is 0 Å². The van der Waals surface area contributed by atoms with Gasteiger partial charge < -0.3 is 5.11 Å². The lowest BCUT2D eigenvalue weighted by Gasteiger charge is -2.33. The summed E-state index contributed by atoms with van der Waals surface area (Å²) in [4.78, 5) is 4.67. The Bertz CT molecular complexity index is 130. The van der Waals surface area contributed by atoms with Crippen LogP contribution in [-0.4, -0.2) is 60.8 Å². The predicted molar refractivity (Wildman–Crippen MR) is 50.2 cm³/mol. The van der Waals surface area contributed by atoms with E-state index in [1.165, 1.54) is 0 Å². The second-order valence-corrected chi connectivity index (χ2v) is 3.15. The second kappa shape index (κ2) is 5.30. The van der Waals surface area contributed by atoms with Crippen molar-refractivity contribution in [2.45, 2.75) is 0 Å². The third kappa shape index (κ3) is 2.93. The van der Waals surface area contributed by atoms with Crippen LogP contribution in [0.1, 0.15) is 0 Å². The fraction of sp³-hybridized carbons (Fsp3) is 0.778. The van der Waals surface area contributed by atoms with E-state index in [9.17, 15) is 0 Å². The molecule has 0 aromatic rings. The first-order chi connectivity index (χ1) is 5.86. The molecule has 0 saturated carbocycles. The molecular formula is C9H18N2O. The molecule has 1 N–H and O–H groups in total. The maximum absolute atomic E-state index is 8.72. The molecule has 1 heterocycles. The van der Waals surface area contributed by atoms with E-state index in [0.29, 0.717) is 0 Å². The molecule has 0 aromatic heterocycles. The summed E-state index contributed by atoms with van der Waals surface area (Å²) < 4.78 is 0. The molecule has 3 heteroatoms. The molecule has 0 spiro atoms. The first-order valence-electron chi connectivity index (χ1n) is 4.53. The molecule has 1 aliphatic heterocycles. The van der Waals surface area contributed by atoms with Crippen molar-refractivity contribution < 1.29 is 5.11 Å². The number of hydrogen-bond donors (Lipinski definition) is 1. The van der Waals surface area contributed by atoms with Crippen molar-refractivity contribution in [1.82, 2.24) is 9.80 Å². The Morgan fingerprint density at radius 1 is 1.17 bits per heavy atom. The topological polar surface area (TPSA) is 26.7 Å². The lowest BCUT2D eigenvalue weighted by Crippen LogP contribution is -2.46. The average molecular weight is 170 g/mol. The number of piperazine rings is 1. The molecule has 0 unspecified atom stereocenters. The fourth-order valence-corrected chi connectivity index (χ4v) is 1.52. The highest BCUT2D eigenvalue weighted by atomic mass is 16.3. The standard InChI is InChI=1S/C9H18N2O/c1-2-3-10-4-6-11(7-5-10)8-9-12/h2,12H,1,3-9H2. The van der Waals surface area contributed by atoms with E-state index in [4.69, 9.17) is 5.11 Å².